The molecule has 0 aromatic rings. The van der Waals surface area contributed by atoms with E-state index in [1.165, 1.54) is 12.4 Å². The zero-order valence-electron chi connectivity index (χ0n) is 6.70. The van der Waals surface area contributed by atoms with E-state index < -0.39 is 12.1 Å². The van der Waals surface area contributed by atoms with Crippen molar-refractivity contribution in [3.8, 4) is 0 Å². The van der Waals surface area contributed by atoms with E-state index in [-0.39, 0.29) is 6.41 Å². The highest BCUT2D eigenvalue weighted by Gasteiger charge is 2.19. The van der Waals surface area contributed by atoms with E-state index in [1.807, 2.05) is 0 Å². The van der Waals surface area contributed by atoms with Gasteiger partial charge in [0.25, 0.3) is 0 Å². The third-order valence-electron chi connectivity index (χ3n) is 1.07. The Bertz CT molecular complexity index is 238. The van der Waals surface area contributed by atoms with Crippen molar-refractivity contribution >= 4 is 18.6 Å². The Labute approximate surface area is 74.3 Å². The van der Waals surface area contributed by atoms with Gasteiger partial charge in [-0.1, -0.05) is 0 Å². The monoisotopic (exact) mass is 186 g/mol. The highest BCUT2D eigenvalue weighted by atomic mass is 16.4. The van der Waals surface area contributed by atoms with Gasteiger partial charge in [0.15, 0.2) is 0 Å². The minimum atomic E-state index is -1.05. The molecular formula is C6H10N4O3. The summed E-state index contributed by atoms with van der Waals surface area (Å²) in [6.07, 6.45) is 3.71. The number of amides is 1. The first kappa shape index (κ1) is 11.1. The van der Waals surface area contributed by atoms with Gasteiger partial charge < -0.3 is 10.8 Å². The molecule has 1 aliphatic heterocycles. The second-order valence-corrected chi connectivity index (χ2v) is 1.93. The third-order valence-corrected chi connectivity index (χ3v) is 1.07. The molecule has 0 saturated heterocycles. The van der Waals surface area contributed by atoms with Crippen molar-refractivity contribution in [1.82, 2.24) is 5.01 Å². The first-order valence-electron chi connectivity index (χ1n) is 3.24. The average molecular weight is 186 g/mol. The molecule has 72 valence electrons. The van der Waals surface area contributed by atoms with Gasteiger partial charge in [0.1, 0.15) is 0 Å². The smallest absolute Gasteiger partial charge is 0.350 e. The summed E-state index contributed by atoms with van der Waals surface area (Å²) in [5, 5.41) is 9.47. The molecule has 0 fully saturated rings. The number of hydrazine groups is 1. The highest BCUT2D eigenvalue weighted by Crippen LogP contribution is 1.99. The summed E-state index contributed by atoms with van der Waals surface area (Å²) in [5.74, 6) is 4.18. The van der Waals surface area contributed by atoms with Gasteiger partial charge >= 0.3 is 5.97 Å². The number of carbonyl (C=O) groups excluding carboxylic acids is 1. The summed E-state index contributed by atoms with van der Waals surface area (Å²) in [7, 11) is 0. The summed E-state index contributed by atoms with van der Waals surface area (Å²) >= 11 is 0. The number of nitrogens with zero attached hydrogens (tertiary/aromatic N) is 2. The van der Waals surface area contributed by atoms with Crippen LogP contribution in [0.5, 0.6) is 0 Å². The van der Waals surface area contributed by atoms with Gasteiger partial charge in [-0.05, 0) is 6.08 Å². The maximum atomic E-state index is 10.3. The number of hydrogen-bond donors (Lipinski definition) is 3. The van der Waals surface area contributed by atoms with Crippen LogP contribution in [0.1, 0.15) is 0 Å². The van der Waals surface area contributed by atoms with Crippen LogP contribution in [0.25, 0.3) is 0 Å². The minimum absolute atomic E-state index is 0.250. The zero-order valence-corrected chi connectivity index (χ0v) is 6.70. The fourth-order valence-electron chi connectivity index (χ4n) is 0.619. The number of primary amides is 1. The third kappa shape index (κ3) is 3.87. The van der Waals surface area contributed by atoms with Crippen molar-refractivity contribution in [3.63, 3.8) is 0 Å². The quantitative estimate of drug-likeness (QED) is 0.332. The topological polar surface area (TPSA) is 122 Å². The Morgan fingerprint density at radius 1 is 1.69 bits per heavy atom. The molecule has 13 heavy (non-hydrogen) atoms. The summed E-state index contributed by atoms with van der Waals surface area (Å²) in [6, 6.07) is 0. The number of rotatable bonds is 1. The second-order valence-electron chi connectivity index (χ2n) is 1.93. The van der Waals surface area contributed by atoms with Crippen LogP contribution in [0.3, 0.4) is 0 Å². The maximum absolute atomic E-state index is 10.3. The molecule has 1 unspecified atom stereocenters. The Morgan fingerprint density at radius 2 is 2.23 bits per heavy atom. The lowest BCUT2D eigenvalue weighted by Crippen LogP contribution is -2.42. The Balaban J connectivity index is 0.000000424. The fourth-order valence-corrected chi connectivity index (χ4v) is 0.619. The number of nitrogens with two attached hydrogens (primary N) is 2. The highest BCUT2D eigenvalue weighted by molar-refractivity contribution is 5.80. The average Bonchev–Trinajstić information content (AvgIpc) is 2.06. The van der Waals surface area contributed by atoms with Gasteiger partial charge in [-0.3, -0.25) is 14.8 Å². The molecule has 0 bridgehead atoms. The van der Waals surface area contributed by atoms with Crippen molar-refractivity contribution in [2.75, 3.05) is 0 Å². The van der Waals surface area contributed by atoms with E-state index in [2.05, 4.69) is 10.7 Å². The molecule has 0 radical (unpaired) electrons. The van der Waals surface area contributed by atoms with Crippen LogP contribution < -0.4 is 11.6 Å². The number of aliphatic carboxylic acids is 1. The molecule has 1 atom stereocenters. The number of carboxylic acids is 1. The molecular weight excluding hydrogens is 176 g/mol. The van der Waals surface area contributed by atoms with Crippen LogP contribution in [0.15, 0.2) is 17.3 Å². The van der Waals surface area contributed by atoms with Gasteiger partial charge in [-0.2, -0.15) is 0 Å². The molecule has 5 N–H and O–H groups in total. The molecule has 1 rings (SSSR count). The van der Waals surface area contributed by atoms with Gasteiger partial charge in [0.2, 0.25) is 12.6 Å². The molecule has 0 aromatic heterocycles. The normalized spacial score (nSPS) is 18.8. The summed E-state index contributed by atoms with van der Waals surface area (Å²) in [6.45, 7) is 0. The number of allylic oxidation sites excluding steroid dienone is 1. The molecule has 0 aliphatic carbocycles. The fraction of sp³-hybridized carbons (Fsp3) is 0.167. The SMILES string of the molecule is NC=O.NN1C=CC=NC1C(=O)O. The van der Waals surface area contributed by atoms with Crippen LogP contribution in [-0.4, -0.2) is 34.9 Å². The Hall–Kier alpha value is -1.89. The first-order valence-corrected chi connectivity index (χ1v) is 3.24. The zero-order chi connectivity index (χ0) is 10.3. The number of carbonyl (C=O) groups is 2. The lowest BCUT2D eigenvalue weighted by Gasteiger charge is -2.19. The first-order chi connectivity index (χ1) is 6.13. The van der Waals surface area contributed by atoms with E-state index in [4.69, 9.17) is 15.7 Å². The number of carboxylic acid groups (broad SMARTS) is 1. The van der Waals surface area contributed by atoms with Crippen LogP contribution in [0, 0.1) is 0 Å². The van der Waals surface area contributed by atoms with E-state index in [9.17, 15) is 4.79 Å². The predicted molar refractivity (Wildman–Crippen MR) is 45.3 cm³/mol. The summed E-state index contributed by atoms with van der Waals surface area (Å²) in [5.41, 5.74) is 4.17. The second kappa shape index (κ2) is 5.72. The van der Waals surface area contributed by atoms with Crippen LogP contribution >= 0.6 is 0 Å². The van der Waals surface area contributed by atoms with E-state index in [1.54, 1.807) is 6.08 Å². The van der Waals surface area contributed by atoms with Crippen molar-refractivity contribution in [2.24, 2.45) is 16.6 Å². The lowest BCUT2D eigenvalue weighted by molar-refractivity contribution is -0.142. The Kier molecular flexibility index (Phi) is 4.89. The molecule has 7 nitrogen and oxygen atoms in total. The molecule has 1 amide bonds. The van der Waals surface area contributed by atoms with E-state index >= 15 is 0 Å². The van der Waals surface area contributed by atoms with Crippen LogP contribution in [0.2, 0.25) is 0 Å². The standard InChI is InChI=1S/C5H7N3O2.CH3NO/c6-8-3-1-2-7-4(8)5(9)10;2-1-3/h1-4H,6H2,(H,9,10);1H,(H2,2,3). The van der Waals surface area contributed by atoms with Crippen molar-refractivity contribution in [2.45, 2.75) is 6.17 Å². The molecule has 1 aliphatic rings. The number of aliphatic imine (C=N–C) groups is 1. The lowest BCUT2D eigenvalue weighted by atomic mass is 10.4. The van der Waals surface area contributed by atoms with E-state index in [0.29, 0.717) is 0 Å². The van der Waals surface area contributed by atoms with Gasteiger partial charge in [0, 0.05) is 12.4 Å². The largest absolute Gasteiger partial charge is 0.478 e. The molecule has 0 aromatic carbocycles. The predicted octanol–water partition coefficient (Wildman–Crippen LogP) is -1.73. The maximum Gasteiger partial charge on any atom is 0.350 e. The molecule has 0 saturated carbocycles. The van der Waals surface area contributed by atoms with Crippen molar-refractivity contribution in [1.29, 1.82) is 0 Å². The summed E-state index contributed by atoms with van der Waals surface area (Å²) in [4.78, 5) is 22.5. The molecule has 7 heteroatoms. The Morgan fingerprint density at radius 3 is 2.54 bits per heavy atom. The van der Waals surface area contributed by atoms with Gasteiger partial charge in [-0.25, -0.2) is 10.6 Å². The minimum Gasteiger partial charge on any atom is -0.478 e. The van der Waals surface area contributed by atoms with Crippen molar-refractivity contribution < 1.29 is 14.7 Å². The number of hydrogen-bond acceptors (Lipinski definition) is 5. The van der Waals surface area contributed by atoms with Crippen LogP contribution in [0.4, 0.5) is 0 Å². The molecule has 1 heterocycles. The molecule has 0 spiro atoms. The van der Waals surface area contributed by atoms with E-state index in [0.717, 1.165) is 5.01 Å². The summed E-state index contributed by atoms with van der Waals surface area (Å²) < 4.78 is 0. The van der Waals surface area contributed by atoms with Gasteiger partial charge in [-0.15, -0.1) is 0 Å². The van der Waals surface area contributed by atoms with Crippen molar-refractivity contribution in [3.05, 3.63) is 12.3 Å². The van der Waals surface area contributed by atoms with Crippen LogP contribution in [-0.2, 0) is 9.59 Å². The van der Waals surface area contributed by atoms with Gasteiger partial charge in [0.05, 0.1) is 0 Å².